The summed E-state index contributed by atoms with van der Waals surface area (Å²) in [6.07, 6.45) is 1.84. The van der Waals surface area contributed by atoms with Crippen molar-refractivity contribution < 1.29 is 19.5 Å². The van der Waals surface area contributed by atoms with Crippen molar-refractivity contribution in [3.05, 3.63) is 0 Å². The maximum absolute atomic E-state index is 11.3. The van der Waals surface area contributed by atoms with E-state index in [9.17, 15) is 14.4 Å². The summed E-state index contributed by atoms with van der Waals surface area (Å²) in [5.41, 5.74) is 0. The van der Waals surface area contributed by atoms with E-state index in [1.165, 1.54) is 11.8 Å². The van der Waals surface area contributed by atoms with Crippen LogP contribution in [-0.4, -0.2) is 40.6 Å². The molecule has 0 fully saturated rings. The van der Waals surface area contributed by atoms with E-state index in [2.05, 4.69) is 10.6 Å². The van der Waals surface area contributed by atoms with Crippen molar-refractivity contribution in [2.24, 2.45) is 0 Å². The zero-order chi connectivity index (χ0) is 14.0. The van der Waals surface area contributed by atoms with E-state index in [-0.39, 0.29) is 17.4 Å². The molecule has 7 heteroatoms. The van der Waals surface area contributed by atoms with Crippen LogP contribution >= 0.6 is 11.8 Å². The van der Waals surface area contributed by atoms with Crippen molar-refractivity contribution in [2.75, 3.05) is 12.3 Å². The summed E-state index contributed by atoms with van der Waals surface area (Å²) in [5.74, 6) is -1.23. The molecule has 18 heavy (non-hydrogen) atoms. The van der Waals surface area contributed by atoms with E-state index < -0.39 is 17.9 Å². The molecule has 0 aliphatic heterocycles. The number of carboxylic acids is 1. The van der Waals surface area contributed by atoms with Gasteiger partial charge >= 0.3 is 12.0 Å². The van der Waals surface area contributed by atoms with Gasteiger partial charge in [-0.15, -0.1) is 11.8 Å². The molecule has 1 unspecified atom stereocenters. The van der Waals surface area contributed by atoms with E-state index in [0.29, 0.717) is 6.54 Å². The van der Waals surface area contributed by atoms with Crippen LogP contribution in [-0.2, 0) is 9.59 Å². The number of hydrogen-bond donors (Lipinski definition) is 3. The van der Waals surface area contributed by atoms with Crippen LogP contribution < -0.4 is 10.6 Å². The van der Waals surface area contributed by atoms with Crippen LogP contribution in [0.25, 0.3) is 0 Å². The summed E-state index contributed by atoms with van der Waals surface area (Å²) in [6, 6.07) is -0.500. The van der Waals surface area contributed by atoms with Crippen LogP contribution in [0.3, 0.4) is 0 Å². The van der Waals surface area contributed by atoms with Crippen molar-refractivity contribution in [3.8, 4) is 0 Å². The highest BCUT2D eigenvalue weighted by molar-refractivity contribution is 8.00. The molecule has 0 spiro atoms. The molecule has 0 aromatic carbocycles. The number of nitrogens with one attached hydrogen (secondary N) is 2. The van der Waals surface area contributed by atoms with Crippen molar-refractivity contribution in [1.29, 1.82) is 0 Å². The van der Waals surface area contributed by atoms with Crippen molar-refractivity contribution in [3.63, 3.8) is 0 Å². The number of imide groups is 1. The molecule has 0 bridgehead atoms. The Labute approximate surface area is 111 Å². The molecule has 0 aromatic rings. The quantitative estimate of drug-likeness (QED) is 0.579. The fraction of sp³-hybridized carbons (Fsp3) is 0.727. The Balaban J connectivity index is 3.70. The predicted octanol–water partition coefficient (Wildman–Crippen LogP) is 1.21. The largest absolute Gasteiger partial charge is 0.481 e. The molecule has 0 aliphatic rings. The third kappa shape index (κ3) is 9.95. The average molecular weight is 276 g/mol. The van der Waals surface area contributed by atoms with E-state index >= 15 is 0 Å². The molecular formula is C11H20N2O4S. The first-order valence-corrected chi connectivity index (χ1v) is 6.91. The van der Waals surface area contributed by atoms with Gasteiger partial charge in [-0.3, -0.25) is 14.9 Å². The minimum Gasteiger partial charge on any atom is -0.481 e. The lowest BCUT2D eigenvalue weighted by molar-refractivity contribution is -0.136. The summed E-state index contributed by atoms with van der Waals surface area (Å²) < 4.78 is 0. The summed E-state index contributed by atoms with van der Waals surface area (Å²) in [7, 11) is 0. The van der Waals surface area contributed by atoms with E-state index in [1.54, 1.807) is 6.92 Å². The number of urea groups is 1. The third-order valence-corrected chi connectivity index (χ3v) is 3.19. The first-order valence-electron chi connectivity index (χ1n) is 5.86. The predicted molar refractivity (Wildman–Crippen MR) is 70.6 cm³/mol. The second-order valence-corrected chi connectivity index (χ2v) is 5.30. The van der Waals surface area contributed by atoms with Gasteiger partial charge in [0.2, 0.25) is 5.91 Å². The fourth-order valence-electron chi connectivity index (χ4n) is 1.11. The molecule has 3 amide bonds. The van der Waals surface area contributed by atoms with Gasteiger partial charge in [0, 0.05) is 11.8 Å². The lowest BCUT2D eigenvalue weighted by Gasteiger charge is -2.09. The highest BCUT2D eigenvalue weighted by Gasteiger charge is 2.12. The topological polar surface area (TPSA) is 95.5 Å². The highest BCUT2D eigenvalue weighted by Crippen LogP contribution is 2.13. The number of amides is 3. The monoisotopic (exact) mass is 276 g/mol. The molecule has 0 heterocycles. The number of carboxylic acid groups (broad SMARTS) is 1. The van der Waals surface area contributed by atoms with Crippen molar-refractivity contribution in [1.82, 2.24) is 10.6 Å². The Hall–Kier alpha value is -1.24. The Morgan fingerprint density at radius 2 is 2.00 bits per heavy atom. The molecule has 0 saturated heterocycles. The standard InChI is InChI=1S/C11H20N2O4S/c1-3-4-5-12-11(17)13-9(14)7-18-8(2)6-10(15)16/h8H,3-7H2,1-2H3,(H,15,16)(H2,12,13,14,17). The lowest BCUT2D eigenvalue weighted by Crippen LogP contribution is -2.40. The van der Waals surface area contributed by atoms with E-state index in [4.69, 9.17) is 5.11 Å². The summed E-state index contributed by atoms with van der Waals surface area (Å²) in [4.78, 5) is 32.9. The SMILES string of the molecule is CCCCNC(=O)NC(=O)CSC(C)CC(=O)O. The van der Waals surface area contributed by atoms with Gasteiger partial charge in [-0.1, -0.05) is 20.3 Å². The molecule has 0 radical (unpaired) electrons. The van der Waals surface area contributed by atoms with Gasteiger partial charge in [-0.2, -0.15) is 0 Å². The van der Waals surface area contributed by atoms with Crippen LogP contribution in [0, 0.1) is 0 Å². The van der Waals surface area contributed by atoms with Crippen LogP contribution in [0.15, 0.2) is 0 Å². The van der Waals surface area contributed by atoms with Crippen LogP contribution in [0.2, 0.25) is 0 Å². The lowest BCUT2D eigenvalue weighted by atomic mass is 10.3. The van der Waals surface area contributed by atoms with Gasteiger partial charge < -0.3 is 10.4 Å². The molecule has 0 aliphatic carbocycles. The second kappa shape index (κ2) is 9.76. The third-order valence-electron chi connectivity index (χ3n) is 2.03. The Kier molecular flexibility index (Phi) is 9.08. The number of rotatable bonds is 8. The summed E-state index contributed by atoms with van der Waals surface area (Å²) in [6.45, 7) is 4.27. The number of thioether (sulfide) groups is 1. The Morgan fingerprint density at radius 3 is 2.56 bits per heavy atom. The zero-order valence-corrected chi connectivity index (χ0v) is 11.5. The number of carbonyl (C=O) groups is 3. The van der Waals surface area contributed by atoms with Gasteiger partial charge in [0.1, 0.15) is 0 Å². The van der Waals surface area contributed by atoms with Gasteiger partial charge in [0.25, 0.3) is 0 Å². The smallest absolute Gasteiger partial charge is 0.321 e. The van der Waals surface area contributed by atoms with Gasteiger partial charge in [0.15, 0.2) is 0 Å². The molecule has 3 N–H and O–H groups in total. The van der Waals surface area contributed by atoms with Gasteiger partial charge in [-0.05, 0) is 6.42 Å². The zero-order valence-electron chi connectivity index (χ0n) is 10.7. The van der Waals surface area contributed by atoms with Crippen molar-refractivity contribution in [2.45, 2.75) is 38.4 Å². The molecule has 1 atom stereocenters. The average Bonchev–Trinajstić information content (AvgIpc) is 2.26. The summed E-state index contributed by atoms with van der Waals surface area (Å²) >= 11 is 1.21. The molecule has 104 valence electrons. The number of aliphatic carboxylic acids is 1. The van der Waals surface area contributed by atoms with Gasteiger partial charge in [-0.25, -0.2) is 4.79 Å². The number of unbranched alkanes of at least 4 members (excludes halogenated alkanes) is 1. The molecule has 0 rings (SSSR count). The minimum absolute atomic E-state index is 0.000638. The van der Waals surface area contributed by atoms with E-state index in [1.807, 2.05) is 6.92 Å². The van der Waals surface area contributed by atoms with E-state index in [0.717, 1.165) is 12.8 Å². The van der Waals surface area contributed by atoms with Gasteiger partial charge in [0.05, 0.1) is 12.2 Å². The number of hydrogen-bond acceptors (Lipinski definition) is 4. The maximum atomic E-state index is 11.3. The van der Waals surface area contributed by atoms with Crippen LogP contribution in [0.1, 0.15) is 33.1 Å². The van der Waals surface area contributed by atoms with Crippen molar-refractivity contribution >= 4 is 29.7 Å². The first kappa shape index (κ1) is 16.8. The molecule has 0 aromatic heterocycles. The van der Waals surface area contributed by atoms with Crippen LogP contribution in [0.4, 0.5) is 4.79 Å². The first-order chi connectivity index (χ1) is 8.45. The summed E-state index contributed by atoms with van der Waals surface area (Å²) in [5, 5.41) is 13.1. The highest BCUT2D eigenvalue weighted by atomic mass is 32.2. The number of carbonyl (C=O) groups excluding carboxylic acids is 2. The molecule has 0 saturated carbocycles. The normalized spacial score (nSPS) is 11.7. The maximum Gasteiger partial charge on any atom is 0.321 e. The second-order valence-electron chi connectivity index (χ2n) is 3.88. The Bertz CT molecular complexity index is 297. The van der Waals surface area contributed by atoms with Crippen LogP contribution in [0.5, 0.6) is 0 Å². The minimum atomic E-state index is -0.896. The fourth-order valence-corrected chi connectivity index (χ4v) is 1.88. The molecular weight excluding hydrogens is 256 g/mol. The Morgan fingerprint density at radius 1 is 1.33 bits per heavy atom. The molecule has 6 nitrogen and oxygen atoms in total.